The molecule has 1 aromatic rings. The molecular formula is C12H22N4O3S2. The van der Waals surface area contributed by atoms with Gasteiger partial charge >= 0.3 is 0 Å². The minimum Gasteiger partial charge on any atom is -0.382 e. The van der Waals surface area contributed by atoms with Gasteiger partial charge in [0.2, 0.25) is 10.0 Å². The van der Waals surface area contributed by atoms with Crippen molar-refractivity contribution in [1.29, 1.82) is 0 Å². The van der Waals surface area contributed by atoms with Crippen molar-refractivity contribution in [1.82, 2.24) is 8.68 Å². The first kappa shape index (κ1) is 16.5. The van der Waals surface area contributed by atoms with Gasteiger partial charge < -0.3 is 15.8 Å². The summed E-state index contributed by atoms with van der Waals surface area (Å²) in [5.41, 5.74) is 5.75. The summed E-state index contributed by atoms with van der Waals surface area (Å²) in [7, 11) is -0.634. The molecule has 1 aliphatic heterocycles. The number of nitrogens with one attached hydrogen (secondary N) is 1. The van der Waals surface area contributed by atoms with Crippen LogP contribution in [0.25, 0.3) is 0 Å². The van der Waals surface area contributed by atoms with Crippen LogP contribution in [-0.2, 0) is 14.8 Å². The smallest absolute Gasteiger partial charge is 0.249 e. The minimum absolute atomic E-state index is 0.0513. The molecule has 9 heteroatoms. The fraction of sp³-hybridized carbons (Fsp3) is 0.750. The molecule has 1 fully saturated rings. The third-order valence-corrected chi connectivity index (χ3v) is 6.56. The quantitative estimate of drug-likeness (QED) is 0.840. The molecule has 0 aromatic carbocycles. The van der Waals surface area contributed by atoms with Gasteiger partial charge in [-0.25, -0.2) is 12.7 Å². The number of sulfonamides is 1. The second kappa shape index (κ2) is 6.47. The van der Waals surface area contributed by atoms with Gasteiger partial charge in [0.1, 0.15) is 5.00 Å². The summed E-state index contributed by atoms with van der Waals surface area (Å²) in [5, 5.41) is 3.79. The van der Waals surface area contributed by atoms with E-state index in [2.05, 4.69) is 16.6 Å². The van der Waals surface area contributed by atoms with Crippen molar-refractivity contribution in [2.24, 2.45) is 5.92 Å². The number of hydrogen-bond acceptors (Lipinski definition) is 7. The van der Waals surface area contributed by atoms with Crippen molar-refractivity contribution in [3.8, 4) is 0 Å². The van der Waals surface area contributed by atoms with Gasteiger partial charge in [0.25, 0.3) is 0 Å². The van der Waals surface area contributed by atoms with E-state index in [1.165, 1.54) is 14.1 Å². The number of nitrogens with two attached hydrogens (primary N) is 1. The van der Waals surface area contributed by atoms with Crippen LogP contribution in [0.1, 0.15) is 19.8 Å². The number of aromatic nitrogens is 1. The summed E-state index contributed by atoms with van der Waals surface area (Å²) in [5.74, 6) is 0.507. The molecule has 2 rings (SSSR count). The number of rotatable bonds is 5. The van der Waals surface area contributed by atoms with Gasteiger partial charge in [0.05, 0.1) is 0 Å². The molecule has 0 saturated carbocycles. The molecule has 2 heterocycles. The Kier molecular flexibility index (Phi) is 5.07. The molecule has 21 heavy (non-hydrogen) atoms. The Morgan fingerprint density at radius 2 is 2.05 bits per heavy atom. The third-order valence-electron chi connectivity index (χ3n) is 3.74. The molecule has 7 nitrogen and oxygen atoms in total. The van der Waals surface area contributed by atoms with Crippen molar-refractivity contribution in [2.75, 3.05) is 38.4 Å². The lowest BCUT2D eigenvalue weighted by Crippen LogP contribution is -2.31. The van der Waals surface area contributed by atoms with E-state index < -0.39 is 10.0 Å². The molecule has 1 unspecified atom stereocenters. The van der Waals surface area contributed by atoms with Gasteiger partial charge in [-0.15, -0.1) is 0 Å². The zero-order valence-corrected chi connectivity index (χ0v) is 14.1. The normalized spacial score (nSPS) is 18.9. The second-order valence-corrected chi connectivity index (χ2v) is 8.26. The average molecular weight is 334 g/mol. The first-order valence-electron chi connectivity index (χ1n) is 6.86. The maximum absolute atomic E-state index is 12.3. The summed E-state index contributed by atoms with van der Waals surface area (Å²) >= 11 is 1.09. The topological polar surface area (TPSA) is 97.5 Å². The van der Waals surface area contributed by atoms with E-state index in [0.29, 0.717) is 10.9 Å². The summed E-state index contributed by atoms with van der Waals surface area (Å²) < 4.78 is 35.2. The Labute approximate surface area is 129 Å². The van der Waals surface area contributed by atoms with Gasteiger partial charge in [-0.1, -0.05) is 0 Å². The number of ether oxygens (including phenoxy) is 1. The first-order chi connectivity index (χ1) is 9.84. The van der Waals surface area contributed by atoms with E-state index in [4.69, 9.17) is 10.5 Å². The van der Waals surface area contributed by atoms with Gasteiger partial charge in [-0.2, -0.15) is 4.37 Å². The van der Waals surface area contributed by atoms with Gasteiger partial charge in [0.15, 0.2) is 10.7 Å². The first-order valence-corrected chi connectivity index (χ1v) is 9.07. The van der Waals surface area contributed by atoms with Crippen LogP contribution in [-0.4, -0.2) is 50.4 Å². The highest BCUT2D eigenvalue weighted by Gasteiger charge is 2.29. The Morgan fingerprint density at radius 1 is 1.43 bits per heavy atom. The van der Waals surface area contributed by atoms with Crippen molar-refractivity contribution in [3.05, 3.63) is 0 Å². The Hall–Kier alpha value is -0.900. The zero-order valence-electron chi connectivity index (χ0n) is 12.5. The largest absolute Gasteiger partial charge is 0.382 e. The Bertz CT molecular complexity index is 579. The highest BCUT2D eigenvalue weighted by Crippen LogP contribution is 2.34. The molecule has 0 aliphatic carbocycles. The van der Waals surface area contributed by atoms with Gasteiger partial charge in [0, 0.05) is 33.4 Å². The Morgan fingerprint density at radius 3 is 2.62 bits per heavy atom. The second-order valence-electron chi connectivity index (χ2n) is 5.40. The molecule has 0 amide bonds. The van der Waals surface area contributed by atoms with Crippen molar-refractivity contribution >= 4 is 32.4 Å². The third kappa shape index (κ3) is 3.47. The fourth-order valence-corrected chi connectivity index (χ4v) is 4.52. The van der Waals surface area contributed by atoms with E-state index in [1.54, 1.807) is 0 Å². The fourth-order valence-electron chi connectivity index (χ4n) is 2.36. The van der Waals surface area contributed by atoms with Crippen LogP contribution < -0.4 is 11.1 Å². The van der Waals surface area contributed by atoms with Gasteiger partial charge in [-0.05, 0) is 37.2 Å². The molecule has 120 valence electrons. The van der Waals surface area contributed by atoms with Crippen LogP contribution in [0.3, 0.4) is 0 Å². The minimum atomic E-state index is -3.60. The number of hydrogen-bond donors (Lipinski definition) is 2. The van der Waals surface area contributed by atoms with Crippen LogP contribution in [0.15, 0.2) is 4.90 Å². The average Bonchev–Trinajstić information content (AvgIpc) is 2.81. The molecular weight excluding hydrogens is 312 g/mol. The summed E-state index contributed by atoms with van der Waals surface area (Å²) in [6.45, 7) is 3.56. The van der Waals surface area contributed by atoms with Crippen molar-refractivity contribution in [3.63, 3.8) is 0 Å². The predicted octanol–water partition coefficient (Wildman–Crippen LogP) is 1.20. The van der Waals surface area contributed by atoms with E-state index in [0.717, 1.165) is 41.9 Å². The lowest BCUT2D eigenvalue weighted by Gasteiger charge is -2.28. The molecule has 1 aromatic heterocycles. The number of nitrogens with zero attached hydrogens (tertiary/aromatic N) is 2. The van der Waals surface area contributed by atoms with E-state index >= 15 is 0 Å². The standard InChI is InChI=1S/C12H22N4O3S2/c1-8(9-4-6-19-7-5-9)14-12-10(11(13)15-20-12)21(17,18)16(2)3/h8-9,14H,4-7H2,1-3H3,(H2,13,15). The summed E-state index contributed by atoms with van der Waals surface area (Å²) in [6.07, 6.45) is 1.94. The van der Waals surface area contributed by atoms with Crippen LogP contribution in [0, 0.1) is 5.92 Å². The number of anilines is 2. The van der Waals surface area contributed by atoms with E-state index in [9.17, 15) is 8.42 Å². The van der Waals surface area contributed by atoms with Crippen LogP contribution in [0.5, 0.6) is 0 Å². The molecule has 3 N–H and O–H groups in total. The van der Waals surface area contributed by atoms with Crippen molar-refractivity contribution in [2.45, 2.75) is 30.7 Å². The molecule has 0 spiro atoms. The maximum atomic E-state index is 12.3. The van der Waals surface area contributed by atoms with E-state index in [1.807, 2.05) is 0 Å². The molecule has 1 saturated heterocycles. The summed E-state index contributed by atoms with van der Waals surface area (Å²) in [6, 6.07) is 0.143. The van der Waals surface area contributed by atoms with Crippen LogP contribution in [0.2, 0.25) is 0 Å². The zero-order chi connectivity index (χ0) is 15.6. The maximum Gasteiger partial charge on any atom is 0.249 e. The predicted molar refractivity (Wildman–Crippen MR) is 84.0 cm³/mol. The lowest BCUT2D eigenvalue weighted by atomic mass is 9.93. The molecule has 0 bridgehead atoms. The molecule has 1 aliphatic rings. The Balaban J connectivity index is 2.21. The van der Waals surface area contributed by atoms with Crippen LogP contribution in [0.4, 0.5) is 10.8 Å². The van der Waals surface area contributed by atoms with E-state index in [-0.39, 0.29) is 16.8 Å². The van der Waals surface area contributed by atoms with Gasteiger partial charge in [-0.3, -0.25) is 0 Å². The summed E-state index contributed by atoms with van der Waals surface area (Å²) in [4.78, 5) is 0.0800. The highest BCUT2D eigenvalue weighted by atomic mass is 32.2. The highest BCUT2D eigenvalue weighted by molar-refractivity contribution is 7.89. The monoisotopic (exact) mass is 334 g/mol. The SMILES string of the molecule is CC(Nc1snc(N)c1S(=O)(=O)N(C)C)C1CCOCC1. The number of nitrogen functional groups attached to an aromatic ring is 1. The van der Waals surface area contributed by atoms with Crippen LogP contribution >= 0.6 is 11.5 Å². The molecule has 1 atom stereocenters. The molecule has 0 radical (unpaired) electrons. The lowest BCUT2D eigenvalue weighted by molar-refractivity contribution is 0.0622. The van der Waals surface area contributed by atoms with Crippen molar-refractivity contribution < 1.29 is 13.2 Å².